The van der Waals surface area contributed by atoms with Crippen LogP contribution in [0.3, 0.4) is 0 Å². The minimum absolute atomic E-state index is 0.0496. The summed E-state index contributed by atoms with van der Waals surface area (Å²) in [4.78, 5) is 14.6. The lowest BCUT2D eigenvalue weighted by molar-refractivity contribution is -0.133. The predicted octanol–water partition coefficient (Wildman–Crippen LogP) is 0.992. The molecule has 1 aromatic heterocycles. The Morgan fingerprint density at radius 2 is 2.13 bits per heavy atom. The zero-order valence-electron chi connectivity index (χ0n) is 13.1. The van der Waals surface area contributed by atoms with Crippen LogP contribution in [-0.2, 0) is 4.79 Å². The quantitative estimate of drug-likeness (QED) is 0.755. The second-order valence-electron chi connectivity index (χ2n) is 6.60. The third kappa shape index (κ3) is 3.20. The van der Waals surface area contributed by atoms with Gasteiger partial charge in [0.2, 0.25) is 5.91 Å². The first-order chi connectivity index (χ1) is 11.0. The second kappa shape index (κ2) is 6.47. The Morgan fingerprint density at radius 1 is 1.35 bits per heavy atom. The Kier molecular flexibility index (Phi) is 4.57. The Balaban J connectivity index is 1.84. The monoisotopic (exact) mass is 321 g/mol. The molecule has 0 radical (unpaired) electrons. The summed E-state index contributed by atoms with van der Waals surface area (Å²) in [6.45, 7) is 2.76. The highest BCUT2D eigenvalue weighted by Gasteiger charge is 2.37. The molecule has 2 aliphatic rings. The lowest BCUT2D eigenvalue weighted by Gasteiger charge is -2.39. The molecule has 2 unspecified atom stereocenters. The summed E-state index contributed by atoms with van der Waals surface area (Å²) < 4.78 is 5.50. The van der Waals surface area contributed by atoms with E-state index in [2.05, 4.69) is 6.92 Å². The number of aliphatic hydroxyl groups is 3. The zero-order valence-corrected chi connectivity index (χ0v) is 13.1. The maximum absolute atomic E-state index is 12.9. The first-order valence-electron chi connectivity index (χ1n) is 8.06. The summed E-state index contributed by atoms with van der Waals surface area (Å²) in [5.74, 6) is 1.04. The van der Waals surface area contributed by atoms with Crippen LogP contribution in [0.2, 0.25) is 0 Å². The summed E-state index contributed by atoms with van der Waals surface area (Å²) in [5.41, 5.74) is 0.349. The molecule has 0 spiro atoms. The smallest absolute Gasteiger partial charge is 0.250 e. The van der Waals surface area contributed by atoms with E-state index in [1.807, 2.05) is 6.07 Å². The van der Waals surface area contributed by atoms with E-state index in [9.17, 15) is 20.1 Å². The zero-order chi connectivity index (χ0) is 16.6. The van der Waals surface area contributed by atoms with E-state index in [1.165, 1.54) is 6.08 Å². The summed E-state index contributed by atoms with van der Waals surface area (Å²) >= 11 is 0. The molecule has 0 aromatic carbocycles. The number of aliphatic hydroxyl groups excluding tert-OH is 3. The van der Waals surface area contributed by atoms with Gasteiger partial charge in [-0.1, -0.05) is 6.92 Å². The molecule has 6 nitrogen and oxygen atoms in total. The number of likely N-dealkylation sites (tertiary alicyclic amines) is 1. The van der Waals surface area contributed by atoms with Crippen LogP contribution >= 0.6 is 0 Å². The SMILES string of the molecule is CC1CCN(C(=O)C2=C[C@@H](O)[C@@H](O)[C@H](O)C2)C(c2ccco2)C1. The Bertz CT molecular complexity index is 582. The Labute approximate surface area is 135 Å². The molecule has 0 saturated carbocycles. The molecule has 1 aliphatic heterocycles. The first-order valence-corrected chi connectivity index (χ1v) is 8.06. The third-order valence-corrected chi connectivity index (χ3v) is 4.82. The van der Waals surface area contributed by atoms with Crippen molar-refractivity contribution in [2.75, 3.05) is 6.54 Å². The summed E-state index contributed by atoms with van der Waals surface area (Å²) in [5, 5.41) is 29.2. The molecule has 2 heterocycles. The van der Waals surface area contributed by atoms with Gasteiger partial charge in [-0.15, -0.1) is 0 Å². The molecule has 5 atom stereocenters. The van der Waals surface area contributed by atoms with Gasteiger partial charge in [-0.25, -0.2) is 0 Å². The molecule has 1 fully saturated rings. The number of nitrogens with zero attached hydrogens (tertiary/aromatic N) is 1. The average molecular weight is 321 g/mol. The van der Waals surface area contributed by atoms with Crippen molar-refractivity contribution in [3.63, 3.8) is 0 Å². The number of carbonyl (C=O) groups excluding carboxylic acids is 1. The average Bonchev–Trinajstić information content (AvgIpc) is 3.05. The van der Waals surface area contributed by atoms with Gasteiger partial charge in [0.05, 0.1) is 18.4 Å². The lowest BCUT2D eigenvalue weighted by Crippen LogP contribution is -2.45. The van der Waals surface area contributed by atoms with E-state index >= 15 is 0 Å². The number of piperidine rings is 1. The number of amides is 1. The third-order valence-electron chi connectivity index (χ3n) is 4.82. The molecular weight excluding hydrogens is 298 g/mol. The van der Waals surface area contributed by atoms with Gasteiger partial charge in [-0.3, -0.25) is 4.79 Å². The number of rotatable bonds is 2. The van der Waals surface area contributed by atoms with Crippen molar-refractivity contribution >= 4 is 5.91 Å². The van der Waals surface area contributed by atoms with Crippen LogP contribution in [-0.4, -0.2) is 51.0 Å². The van der Waals surface area contributed by atoms with E-state index in [0.29, 0.717) is 18.0 Å². The minimum atomic E-state index is -1.24. The van der Waals surface area contributed by atoms with Gasteiger partial charge >= 0.3 is 0 Å². The number of furan rings is 1. The maximum atomic E-state index is 12.9. The standard InChI is InChI=1S/C17H23NO5/c1-10-4-5-18(12(7-10)15-3-2-6-23-15)17(22)11-8-13(19)16(21)14(20)9-11/h2-3,6,8,10,12-14,16,19-21H,4-5,7,9H2,1H3/t10?,12?,13-,14-,16-/m1/s1. The number of hydrogen-bond acceptors (Lipinski definition) is 5. The van der Waals surface area contributed by atoms with Crippen LogP contribution < -0.4 is 0 Å². The van der Waals surface area contributed by atoms with Gasteiger partial charge < -0.3 is 24.6 Å². The van der Waals surface area contributed by atoms with Crippen molar-refractivity contribution < 1.29 is 24.5 Å². The molecule has 1 aliphatic carbocycles. The van der Waals surface area contributed by atoms with Crippen molar-refractivity contribution in [3.05, 3.63) is 35.8 Å². The van der Waals surface area contributed by atoms with Crippen molar-refractivity contribution in [3.8, 4) is 0 Å². The van der Waals surface area contributed by atoms with Crippen molar-refractivity contribution in [2.24, 2.45) is 5.92 Å². The highest BCUT2D eigenvalue weighted by molar-refractivity contribution is 5.94. The molecule has 0 bridgehead atoms. The molecule has 23 heavy (non-hydrogen) atoms. The normalized spacial score (nSPS) is 35.0. The highest BCUT2D eigenvalue weighted by atomic mass is 16.4. The van der Waals surface area contributed by atoms with E-state index in [4.69, 9.17) is 4.42 Å². The van der Waals surface area contributed by atoms with Crippen LogP contribution in [0, 0.1) is 5.92 Å². The second-order valence-corrected chi connectivity index (χ2v) is 6.60. The van der Waals surface area contributed by atoms with Gasteiger partial charge in [0.15, 0.2) is 0 Å². The Hall–Kier alpha value is -1.63. The van der Waals surface area contributed by atoms with Crippen LogP contribution in [0.4, 0.5) is 0 Å². The summed E-state index contributed by atoms with van der Waals surface area (Å²) in [6, 6.07) is 3.54. The molecule has 126 valence electrons. The molecule has 6 heteroatoms. The van der Waals surface area contributed by atoms with Crippen molar-refractivity contribution in [1.82, 2.24) is 4.90 Å². The van der Waals surface area contributed by atoms with E-state index in [0.717, 1.165) is 18.6 Å². The first kappa shape index (κ1) is 16.2. The molecule has 3 N–H and O–H groups in total. The van der Waals surface area contributed by atoms with E-state index in [-0.39, 0.29) is 18.4 Å². The fourth-order valence-corrected chi connectivity index (χ4v) is 3.42. The maximum Gasteiger partial charge on any atom is 0.250 e. The molecule has 1 saturated heterocycles. The fourth-order valence-electron chi connectivity index (χ4n) is 3.42. The Morgan fingerprint density at radius 3 is 2.78 bits per heavy atom. The van der Waals surface area contributed by atoms with Gasteiger partial charge in [-0.2, -0.15) is 0 Å². The largest absolute Gasteiger partial charge is 0.467 e. The fraction of sp³-hybridized carbons (Fsp3) is 0.588. The van der Waals surface area contributed by atoms with E-state index in [1.54, 1.807) is 17.2 Å². The topological polar surface area (TPSA) is 94.1 Å². The summed E-state index contributed by atoms with van der Waals surface area (Å²) in [7, 11) is 0. The number of carbonyl (C=O) groups is 1. The van der Waals surface area contributed by atoms with Crippen molar-refractivity contribution in [2.45, 2.75) is 50.5 Å². The molecule has 1 amide bonds. The van der Waals surface area contributed by atoms with Crippen molar-refractivity contribution in [1.29, 1.82) is 0 Å². The van der Waals surface area contributed by atoms with Gasteiger partial charge in [0.25, 0.3) is 0 Å². The minimum Gasteiger partial charge on any atom is -0.467 e. The lowest BCUT2D eigenvalue weighted by atomic mass is 9.88. The number of hydrogen-bond donors (Lipinski definition) is 3. The molecule has 3 rings (SSSR count). The van der Waals surface area contributed by atoms with Crippen LogP contribution in [0.5, 0.6) is 0 Å². The van der Waals surface area contributed by atoms with E-state index < -0.39 is 18.3 Å². The van der Waals surface area contributed by atoms with Crippen LogP contribution in [0.15, 0.2) is 34.5 Å². The van der Waals surface area contributed by atoms with Crippen LogP contribution in [0.25, 0.3) is 0 Å². The summed E-state index contributed by atoms with van der Waals surface area (Å²) in [6.07, 6.45) is 1.15. The molecular formula is C17H23NO5. The highest BCUT2D eigenvalue weighted by Crippen LogP contribution is 2.36. The van der Waals surface area contributed by atoms with Gasteiger partial charge in [-0.05, 0) is 37.0 Å². The van der Waals surface area contributed by atoms with Gasteiger partial charge in [0.1, 0.15) is 18.0 Å². The van der Waals surface area contributed by atoms with Crippen LogP contribution in [0.1, 0.15) is 38.0 Å². The molecule has 1 aromatic rings. The van der Waals surface area contributed by atoms with Gasteiger partial charge in [0, 0.05) is 18.5 Å². The predicted molar refractivity (Wildman–Crippen MR) is 82.3 cm³/mol.